The summed E-state index contributed by atoms with van der Waals surface area (Å²) >= 11 is 0. The van der Waals surface area contributed by atoms with Gasteiger partial charge in [0.25, 0.3) is 0 Å². The van der Waals surface area contributed by atoms with Gasteiger partial charge in [-0.05, 0) is 30.7 Å². The molecule has 200 valence electrons. The molecule has 0 fully saturated rings. The molecule has 2 aromatic heterocycles. The third-order valence-electron chi connectivity index (χ3n) is 6.31. The van der Waals surface area contributed by atoms with Gasteiger partial charge in [0, 0.05) is 36.1 Å². The summed E-state index contributed by atoms with van der Waals surface area (Å²) in [6.07, 6.45) is 4.21. The number of hydrogen-bond acceptors (Lipinski definition) is 10. The van der Waals surface area contributed by atoms with Crippen LogP contribution in [-0.4, -0.2) is 65.0 Å². The second-order valence-electron chi connectivity index (χ2n) is 8.51. The number of anilines is 1. The first-order chi connectivity index (χ1) is 18.5. The highest BCUT2D eigenvalue weighted by Crippen LogP contribution is 2.35. The molecular weight excluding hydrogens is 490 g/mol. The molecule has 0 amide bonds. The topological polar surface area (TPSA) is 144 Å². The number of nitrogens with two attached hydrogens (primary N) is 1. The van der Waals surface area contributed by atoms with Gasteiger partial charge in [0.05, 0.1) is 46.9 Å². The molecule has 0 bridgehead atoms. The van der Waals surface area contributed by atoms with Crippen molar-refractivity contribution in [3.63, 3.8) is 0 Å². The van der Waals surface area contributed by atoms with Gasteiger partial charge in [-0.3, -0.25) is 4.79 Å². The Morgan fingerprint density at radius 2 is 1.71 bits per heavy atom. The number of nitrogen functional groups attached to an aromatic ring is 1. The van der Waals surface area contributed by atoms with Crippen molar-refractivity contribution in [2.24, 2.45) is 0 Å². The molecule has 4 rings (SSSR count). The van der Waals surface area contributed by atoms with E-state index in [4.69, 9.17) is 24.7 Å². The first-order valence-corrected chi connectivity index (χ1v) is 12.1. The molecule has 0 saturated carbocycles. The number of imidazole rings is 1. The minimum Gasteiger partial charge on any atom is -0.496 e. The molecule has 2 aromatic carbocycles. The summed E-state index contributed by atoms with van der Waals surface area (Å²) in [7, 11) is 4.72. The Hall–Kier alpha value is -4.38. The number of fused-ring (bicyclic) bond motifs is 1. The summed E-state index contributed by atoms with van der Waals surface area (Å²) in [5, 5.41) is 9.91. The molecule has 2 heterocycles. The van der Waals surface area contributed by atoms with Crippen LogP contribution in [0.1, 0.15) is 34.8 Å². The zero-order valence-electron chi connectivity index (χ0n) is 21.6. The number of Topliss-reactive ketones (excluding diaryl/α,β-unsaturated/α-hetero) is 1. The van der Waals surface area contributed by atoms with Crippen LogP contribution in [0, 0.1) is 0 Å². The van der Waals surface area contributed by atoms with E-state index in [2.05, 4.69) is 15.0 Å². The predicted octanol–water partition coefficient (Wildman–Crippen LogP) is 3.25. The minimum atomic E-state index is -0.290. The van der Waals surface area contributed by atoms with E-state index in [1.807, 2.05) is 0 Å². The van der Waals surface area contributed by atoms with Gasteiger partial charge >= 0.3 is 0 Å². The molecule has 11 nitrogen and oxygen atoms in total. The average Bonchev–Trinajstić information content (AvgIpc) is 3.39. The van der Waals surface area contributed by atoms with Gasteiger partial charge in [-0.1, -0.05) is 0 Å². The van der Waals surface area contributed by atoms with E-state index in [0.29, 0.717) is 65.0 Å². The van der Waals surface area contributed by atoms with E-state index in [-0.39, 0.29) is 24.9 Å². The lowest BCUT2D eigenvalue weighted by atomic mass is 10.0. The van der Waals surface area contributed by atoms with Crippen LogP contribution in [0.4, 0.5) is 5.82 Å². The molecule has 1 atom stereocenters. The normalized spacial score (nSPS) is 11.8. The van der Waals surface area contributed by atoms with Crippen LogP contribution in [0.3, 0.4) is 0 Å². The molecule has 4 aromatic rings. The second-order valence-corrected chi connectivity index (χ2v) is 8.51. The van der Waals surface area contributed by atoms with E-state index in [1.165, 1.54) is 6.33 Å². The maximum atomic E-state index is 12.9. The quantitative estimate of drug-likeness (QED) is 0.252. The molecular formula is C27H31N5O6. The van der Waals surface area contributed by atoms with Crippen LogP contribution in [0.15, 0.2) is 49.1 Å². The SMILES string of the molecule is COc1cc(OC)c(CCC(=O)c2ccc(OCC[C@H](CO)n3cnc4c(N)ncnc43)cc2)c(OC)c1. The number of carbonyl (C=O) groups excluding carboxylic acids is 1. The summed E-state index contributed by atoms with van der Waals surface area (Å²) in [6.45, 7) is 0.228. The number of hydrogen-bond donors (Lipinski definition) is 2. The van der Waals surface area contributed by atoms with E-state index in [1.54, 1.807) is 68.6 Å². The summed E-state index contributed by atoms with van der Waals surface area (Å²) in [4.78, 5) is 25.3. The second kappa shape index (κ2) is 12.2. The number of benzene rings is 2. The summed E-state index contributed by atoms with van der Waals surface area (Å²) in [5.41, 5.74) is 8.30. The van der Waals surface area contributed by atoms with Crippen molar-refractivity contribution in [3.05, 3.63) is 60.2 Å². The van der Waals surface area contributed by atoms with Gasteiger partial charge in [-0.15, -0.1) is 0 Å². The molecule has 0 spiro atoms. The Balaban J connectivity index is 1.33. The number of aromatic nitrogens is 4. The smallest absolute Gasteiger partial charge is 0.165 e. The molecule has 0 radical (unpaired) electrons. The number of carbonyl (C=O) groups is 1. The first kappa shape index (κ1) is 26.7. The van der Waals surface area contributed by atoms with E-state index >= 15 is 0 Å². The molecule has 3 N–H and O–H groups in total. The Labute approximate surface area is 220 Å². The minimum absolute atomic E-state index is 0.00920. The van der Waals surface area contributed by atoms with Gasteiger partial charge in [-0.25, -0.2) is 15.0 Å². The maximum absolute atomic E-state index is 12.9. The number of ketones is 1. The molecule has 0 aliphatic heterocycles. The van der Waals surface area contributed by atoms with Gasteiger partial charge in [0.1, 0.15) is 34.8 Å². The Morgan fingerprint density at radius 3 is 2.34 bits per heavy atom. The van der Waals surface area contributed by atoms with Crippen LogP contribution in [-0.2, 0) is 6.42 Å². The van der Waals surface area contributed by atoms with Crippen molar-refractivity contribution >= 4 is 22.8 Å². The summed E-state index contributed by atoms with van der Waals surface area (Å²) in [6, 6.07) is 10.3. The number of methoxy groups -OCH3 is 3. The zero-order chi connectivity index (χ0) is 27.1. The number of aliphatic hydroxyl groups excluding tert-OH is 1. The van der Waals surface area contributed by atoms with Gasteiger partial charge in [0.15, 0.2) is 17.2 Å². The van der Waals surface area contributed by atoms with Crippen LogP contribution in [0.25, 0.3) is 11.2 Å². The van der Waals surface area contributed by atoms with Gasteiger partial charge in [-0.2, -0.15) is 0 Å². The lowest BCUT2D eigenvalue weighted by Crippen LogP contribution is -2.16. The highest BCUT2D eigenvalue weighted by Gasteiger charge is 2.17. The Kier molecular flexibility index (Phi) is 8.59. The van der Waals surface area contributed by atoms with Crippen molar-refractivity contribution in [2.45, 2.75) is 25.3 Å². The molecule has 0 saturated heterocycles. The third-order valence-corrected chi connectivity index (χ3v) is 6.31. The molecule has 0 aliphatic rings. The highest BCUT2D eigenvalue weighted by molar-refractivity contribution is 5.96. The van der Waals surface area contributed by atoms with Gasteiger partial charge in [0.2, 0.25) is 0 Å². The highest BCUT2D eigenvalue weighted by atomic mass is 16.5. The Bertz CT molecular complexity index is 1360. The van der Waals surface area contributed by atoms with Gasteiger partial charge < -0.3 is 34.4 Å². The van der Waals surface area contributed by atoms with Crippen LogP contribution in [0.5, 0.6) is 23.0 Å². The number of aliphatic hydroxyl groups is 1. The number of nitrogens with zero attached hydrogens (tertiary/aromatic N) is 4. The molecule has 11 heteroatoms. The predicted molar refractivity (Wildman–Crippen MR) is 141 cm³/mol. The average molecular weight is 522 g/mol. The van der Waals surface area contributed by atoms with E-state index in [9.17, 15) is 9.90 Å². The van der Waals surface area contributed by atoms with E-state index < -0.39 is 0 Å². The fourth-order valence-electron chi connectivity index (χ4n) is 4.21. The fourth-order valence-corrected chi connectivity index (χ4v) is 4.21. The standard InChI is InChI=1S/C27H31N5O6/c1-35-20-12-23(36-2)21(24(13-20)37-3)8-9-22(34)17-4-6-19(7-5-17)38-11-10-18(14-33)32-16-31-25-26(28)29-15-30-27(25)32/h4-7,12-13,15-16,18,33H,8-11,14H2,1-3H3,(H2,28,29,30)/t18-/m1/s1. The lowest BCUT2D eigenvalue weighted by molar-refractivity contribution is 0.0982. The summed E-state index contributed by atoms with van der Waals surface area (Å²) < 4.78 is 23.9. The van der Waals surface area contributed by atoms with Crippen LogP contribution < -0.4 is 24.7 Å². The number of rotatable bonds is 13. The molecule has 0 aliphatic carbocycles. The van der Waals surface area contributed by atoms with Crippen molar-refractivity contribution in [1.82, 2.24) is 19.5 Å². The van der Waals surface area contributed by atoms with Crippen LogP contribution >= 0.6 is 0 Å². The van der Waals surface area contributed by atoms with Crippen molar-refractivity contribution < 1.29 is 28.8 Å². The third kappa shape index (κ3) is 5.78. The first-order valence-electron chi connectivity index (χ1n) is 12.1. The largest absolute Gasteiger partial charge is 0.496 e. The zero-order valence-corrected chi connectivity index (χ0v) is 21.6. The maximum Gasteiger partial charge on any atom is 0.165 e. The van der Waals surface area contributed by atoms with E-state index in [0.717, 1.165) is 5.56 Å². The monoisotopic (exact) mass is 521 g/mol. The van der Waals surface area contributed by atoms with Crippen LogP contribution in [0.2, 0.25) is 0 Å². The van der Waals surface area contributed by atoms with Crippen molar-refractivity contribution in [1.29, 1.82) is 0 Å². The summed E-state index contributed by atoms with van der Waals surface area (Å²) in [5.74, 6) is 2.74. The molecule has 38 heavy (non-hydrogen) atoms. The Morgan fingerprint density at radius 1 is 1.00 bits per heavy atom. The van der Waals surface area contributed by atoms with Crippen molar-refractivity contribution in [3.8, 4) is 23.0 Å². The van der Waals surface area contributed by atoms with Crippen molar-refractivity contribution in [2.75, 3.05) is 40.3 Å². The lowest BCUT2D eigenvalue weighted by Gasteiger charge is -2.17. The number of ether oxygens (including phenoxy) is 4. The molecule has 0 unspecified atom stereocenters. The fraction of sp³-hybridized carbons (Fsp3) is 0.333.